The standard InChI is InChI=1S/C23H13N4O.C11H8N.Ir/c1-2-7-15(8-3-1)27-22(26-21-23(27)25-14-13-24-21)18-11-6-10-17-16-9-4-5-12-19(16)28-20(17)18;1-2-6-10(7-3-1)11-8-4-5-9-12-11;/h1-10,12-14H;1-6,8-9H;/q2*-1;. The summed E-state index contributed by atoms with van der Waals surface area (Å²) in [6.45, 7) is 0. The van der Waals surface area contributed by atoms with Gasteiger partial charge in [0, 0.05) is 49.8 Å². The fourth-order valence-corrected chi connectivity index (χ4v) is 4.73. The molecule has 1 radical (unpaired) electrons. The molecule has 0 spiro atoms. The van der Waals surface area contributed by atoms with Crippen LogP contribution in [-0.2, 0) is 20.1 Å². The van der Waals surface area contributed by atoms with Crippen LogP contribution < -0.4 is 0 Å². The van der Waals surface area contributed by atoms with Crippen LogP contribution in [0.4, 0.5) is 0 Å². The first kappa shape index (κ1) is 26.3. The SMILES string of the molecule is [Ir].[c-]1ccc2c(oc3ccccc32)c1-c1nc2nccnc2n1-c1ccccc1.[c-]1ccccc1-c1ccccn1. The van der Waals surface area contributed by atoms with Gasteiger partial charge in [-0.2, -0.15) is 0 Å². The molecule has 4 aromatic heterocycles. The van der Waals surface area contributed by atoms with Gasteiger partial charge in [0.25, 0.3) is 0 Å². The second kappa shape index (κ2) is 11.6. The van der Waals surface area contributed by atoms with E-state index in [1.54, 1.807) is 18.6 Å². The number of rotatable bonds is 3. The van der Waals surface area contributed by atoms with Crippen LogP contribution in [0.5, 0.6) is 0 Å². The normalized spacial score (nSPS) is 10.7. The summed E-state index contributed by atoms with van der Waals surface area (Å²) in [6, 6.07) is 42.1. The second-order valence-electron chi connectivity index (χ2n) is 8.99. The van der Waals surface area contributed by atoms with Crippen LogP contribution in [0.1, 0.15) is 0 Å². The number of imidazole rings is 1. The first-order chi connectivity index (χ1) is 19.9. The fraction of sp³-hybridized carbons (Fsp3) is 0. The van der Waals surface area contributed by atoms with Crippen LogP contribution >= 0.6 is 0 Å². The third-order valence-electron chi connectivity index (χ3n) is 6.52. The molecule has 0 unspecified atom stereocenters. The van der Waals surface area contributed by atoms with Crippen molar-refractivity contribution in [2.75, 3.05) is 0 Å². The van der Waals surface area contributed by atoms with Crippen molar-refractivity contribution >= 4 is 33.2 Å². The van der Waals surface area contributed by atoms with E-state index in [0.29, 0.717) is 17.1 Å². The first-order valence-corrected chi connectivity index (χ1v) is 12.8. The molecule has 0 aliphatic heterocycles. The van der Waals surface area contributed by atoms with Crippen molar-refractivity contribution < 1.29 is 24.5 Å². The van der Waals surface area contributed by atoms with Gasteiger partial charge in [-0.25, -0.2) is 9.97 Å². The number of pyridine rings is 1. The van der Waals surface area contributed by atoms with Crippen molar-refractivity contribution in [2.45, 2.75) is 0 Å². The van der Waals surface area contributed by atoms with E-state index in [2.05, 4.69) is 33.2 Å². The van der Waals surface area contributed by atoms with Crippen molar-refractivity contribution in [3.8, 4) is 28.3 Å². The Balaban J connectivity index is 0.000000196. The molecule has 41 heavy (non-hydrogen) atoms. The summed E-state index contributed by atoms with van der Waals surface area (Å²) < 4.78 is 8.20. The van der Waals surface area contributed by atoms with Crippen LogP contribution in [0.3, 0.4) is 0 Å². The molecule has 0 saturated carbocycles. The molecule has 0 fully saturated rings. The largest absolute Gasteiger partial charge is 0.501 e. The number of nitrogens with zero attached hydrogens (tertiary/aromatic N) is 5. The van der Waals surface area contributed by atoms with E-state index >= 15 is 0 Å². The molecule has 6 nitrogen and oxygen atoms in total. The van der Waals surface area contributed by atoms with Crippen molar-refractivity contribution in [3.05, 3.63) is 140 Å². The van der Waals surface area contributed by atoms with Crippen molar-refractivity contribution in [1.29, 1.82) is 0 Å². The summed E-state index contributed by atoms with van der Waals surface area (Å²) >= 11 is 0. The monoisotopic (exact) mass is 708 g/mol. The van der Waals surface area contributed by atoms with E-state index < -0.39 is 0 Å². The number of hydrogen-bond acceptors (Lipinski definition) is 5. The Morgan fingerprint density at radius 1 is 0.634 bits per heavy atom. The summed E-state index contributed by atoms with van der Waals surface area (Å²) in [6.07, 6.45) is 5.12. The van der Waals surface area contributed by atoms with Gasteiger partial charge in [-0.05, 0) is 30.0 Å². The number of para-hydroxylation sites is 2. The Morgan fingerprint density at radius 2 is 1.44 bits per heavy atom. The summed E-state index contributed by atoms with van der Waals surface area (Å²) in [5.74, 6) is 0.706. The fourth-order valence-electron chi connectivity index (χ4n) is 4.73. The van der Waals surface area contributed by atoms with Gasteiger partial charge >= 0.3 is 0 Å². The number of benzene rings is 4. The van der Waals surface area contributed by atoms with E-state index in [-0.39, 0.29) is 20.1 Å². The molecule has 0 atom stereocenters. The minimum atomic E-state index is 0. The van der Waals surface area contributed by atoms with E-state index in [1.807, 2.05) is 108 Å². The van der Waals surface area contributed by atoms with Gasteiger partial charge in [0.2, 0.25) is 0 Å². The second-order valence-corrected chi connectivity index (χ2v) is 8.99. The molecule has 0 aliphatic rings. The summed E-state index contributed by atoms with van der Waals surface area (Å²) in [4.78, 5) is 17.9. The maximum Gasteiger partial charge on any atom is 0.188 e. The first-order valence-electron chi connectivity index (χ1n) is 12.8. The predicted octanol–water partition coefficient (Wildman–Crippen LogP) is 7.73. The molecule has 8 rings (SSSR count). The van der Waals surface area contributed by atoms with Crippen molar-refractivity contribution in [1.82, 2.24) is 24.5 Å². The quantitative estimate of drug-likeness (QED) is 0.176. The average molecular weight is 708 g/mol. The molecule has 8 aromatic rings. The summed E-state index contributed by atoms with van der Waals surface area (Å²) in [5.41, 5.74) is 6.65. The smallest absolute Gasteiger partial charge is 0.188 e. The minimum absolute atomic E-state index is 0. The Labute approximate surface area is 249 Å². The van der Waals surface area contributed by atoms with Crippen LogP contribution in [0, 0.1) is 12.1 Å². The van der Waals surface area contributed by atoms with Crippen molar-refractivity contribution in [3.63, 3.8) is 0 Å². The topological polar surface area (TPSA) is 69.6 Å². The zero-order chi connectivity index (χ0) is 26.7. The molecular weight excluding hydrogens is 687 g/mol. The molecule has 0 aliphatic carbocycles. The Kier molecular flexibility index (Phi) is 7.46. The van der Waals surface area contributed by atoms with Gasteiger partial charge in [0.05, 0.1) is 11.4 Å². The van der Waals surface area contributed by atoms with Gasteiger partial charge in [-0.1, -0.05) is 59.5 Å². The molecule has 0 bridgehead atoms. The van der Waals surface area contributed by atoms with Gasteiger partial charge in [-0.3, -0.25) is 4.98 Å². The van der Waals surface area contributed by atoms with Crippen molar-refractivity contribution in [2.24, 2.45) is 0 Å². The zero-order valence-electron chi connectivity index (χ0n) is 21.6. The number of fused-ring (bicyclic) bond motifs is 4. The van der Waals surface area contributed by atoms with E-state index in [0.717, 1.165) is 44.4 Å². The third-order valence-corrected chi connectivity index (χ3v) is 6.52. The van der Waals surface area contributed by atoms with Crippen LogP contribution in [0.15, 0.2) is 132 Å². The van der Waals surface area contributed by atoms with E-state index in [1.165, 1.54) is 0 Å². The van der Waals surface area contributed by atoms with Gasteiger partial charge in [0.15, 0.2) is 11.3 Å². The maximum absolute atomic E-state index is 6.20. The average Bonchev–Trinajstić information content (AvgIpc) is 3.62. The van der Waals surface area contributed by atoms with E-state index in [4.69, 9.17) is 9.40 Å². The van der Waals surface area contributed by atoms with Crippen LogP contribution in [-0.4, -0.2) is 24.5 Å². The molecule has 4 heterocycles. The molecule has 4 aromatic carbocycles. The summed E-state index contributed by atoms with van der Waals surface area (Å²) in [5, 5.41) is 2.11. The number of hydrogen-bond donors (Lipinski definition) is 0. The number of aromatic nitrogens is 5. The molecular formula is C34H21IrN5O-2. The van der Waals surface area contributed by atoms with Crippen LogP contribution in [0.2, 0.25) is 0 Å². The van der Waals surface area contributed by atoms with Gasteiger partial charge < -0.3 is 14.0 Å². The Hall–Kier alpha value is -4.97. The summed E-state index contributed by atoms with van der Waals surface area (Å²) in [7, 11) is 0. The molecule has 0 amide bonds. The van der Waals surface area contributed by atoms with Crippen LogP contribution in [0.25, 0.3) is 61.6 Å². The van der Waals surface area contributed by atoms with E-state index in [9.17, 15) is 0 Å². The Bertz CT molecular complexity index is 2020. The zero-order valence-corrected chi connectivity index (χ0v) is 24.0. The Morgan fingerprint density at radius 3 is 2.27 bits per heavy atom. The molecule has 199 valence electrons. The molecule has 0 saturated heterocycles. The van der Waals surface area contributed by atoms with Gasteiger partial charge in [0.1, 0.15) is 5.58 Å². The maximum atomic E-state index is 6.20. The molecule has 0 N–H and O–H groups in total. The minimum Gasteiger partial charge on any atom is -0.501 e. The molecule has 7 heteroatoms. The number of furan rings is 1. The third kappa shape index (κ3) is 5.05. The van der Waals surface area contributed by atoms with Gasteiger partial charge in [-0.15, -0.1) is 54.1 Å². The predicted molar refractivity (Wildman–Crippen MR) is 157 cm³/mol.